The normalized spacial score (nSPS) is 20.1. The number of likely N-dealkylation sites (tertiary alicyclic amines) is 1. The van der Waals surface area contributed by atoms with Crippen LogP contribution in [0.2, 0.25) is 0 Å². The SMILES string of the molecule is CCC1(C(=O)O)CCN(C(=O)C(NC(=O)OCC2c3ccccc3-c3ccccc32)C(C)C)C1. The topological polar surface area (TPSA) is 95.9 Å². The van der Waals surface area contributed by atoms with E-state index in [4.69, 9.17) is 4.74 Å². The van der Waals surface area contributed by atoms with Crippen LogP contribution in [-0.4, -0.2) is 53.7 Å². The summed E-state index contributed by atoms with van der Waals surface area (Å²) in [7, 11) is 0. The molecular formula is C27H32N2O5. The molecule has 0 spiro atoms. The number of nitrogens with one attached hydrogen (secondary N) is 1. The molecule has 1 heterocycles. The zero-order valence-corrected chi connectivity index (χ0v) is 19.9. The lowest BCUT2D eigenvalue weighted by Gasteiger charge is -2.28. The summed E-state index contributed by atoms with van der Waals surface area (Å²) in [5, 5.41) is 12.4. The van der Waals surface area contributed by atoms with E-state index in [0.29, 0.717) is 19.4 Å². The van der Waals surface area contributed by atoms with Gasteiger partial charge in [-0.1, -0.05) is 69.3 Å². The van der Waals surface area contributed by atoms with Gasteiger partial charge in [0, 0.05) is 19.0 Å². The summed E-state index contributed by atoms with van der Waals surface area (Å²) in [4.78, 5) is 39.3. The second-order valence-corrected chi connectivity index (χ2v) is 9.64. The highest BCUT2D eigenvalue weighted by Gasteiger charge is 2.46. The molecule has 1 saturated heterocycles. The smallest absolute Gasteiger partial charge is 0.407 e. The van der Waals surface area contributed by atoms with E-state index in [9.17, 15) is 19.5 Å². The molecule has 2 aliphatic rings. The molecule has 2 atom stereocenters. The van der Waals surface area contributed by atoms with Gasteiger partial charge >= 0.3 is 12.1 Å². The number of aliphatic carboxylic acids is 1. The van der Waals surface area contributed by atoms with Gasteiger partial charge < -0.3 is 20.1 Å². The highest BCUT2D eigenvalue weighted by atomic mass is 16.5. The number of hydrogen-bond acceptors (Lipinski definition) is 4. The molecule has 0 aromatic heterocycles. The van der Waals surface area contributed by atoms with Crippen LogP contribution in [0.4, 0.5) is 4.79 Å². The first kappa shape index (κ1) is 23.8. The van der Waals surface area contributed by atoms with E-state index in [2.05, 4.69) is 29.6 Å². The maximum atomic E-state index is 13.2. The van der Waals surface area contributed by atoms with Gasteiger partial charge in [-0.3, -0.25) is 9.59 Å². The summed E-state index contributed by atoms with van der Waals surface area (Å²) in [5.41, 5.74) is 3.62. The highest BCUT2D eigenvalue weighted by Crippen LogP contribution is 2.44. The fourth-order valence-corrected chi connectivity index (χ4v) is 5.15. The molecule has 180 valence electrons. The maximum absolute atomic E-state index is 13.2. The number of alkyl carbamates (subject to hydrolysis) is 1. The molecule has 0 radical (unpaired) electrons. The van der Waals surface area contributed by atoms with Gasteiger partial charge in [-0.15, -0.1) is 0 Å². The van der Waals surface area contributed by atoms with E-state index < -0.39 is 23.5 Å². The van der Waals surface area contributed by atoms with Crippen molar-refractivity contribution in [3.05, 3.63) is 59.7 Å². The first-order valence-corrected chi connectivity index (χ1v) is 11.9. The van der Waals surface area contributed by atoms with Gasteiger partial charge in [-0.05, 0) is 41.0 Å². The molecule has 1 aliphatic heterocycles. The van der Waals surface area contributed by atoms with Crippen molar-refractivity contribution in [3.63, 3.8) is 0 Å². The van der Waals surface area contributed by atoms with E-state index in [0.717, 1.165) is 22.3 Å². The van der Waals surface area contributed by atoms with Crippen LogP contribution in [0.3, 0.4) is 0 Å². The Balaban J connectivity index is 1.42. The fourth-order valence-electron chi connectivity index (χ4n) is 5.15. The first-order valence-electron chi connectivity index (χ1n) is 11.9. The number of ether oxygens (including phenoxy) is 1. The molecule has 0 saturated carbocycles. The molecule has 2 amide bonds. The average molecular weight is 465 g/mol. The van der Waals surface area contributed by atoms with Crippen molar-refractivity contribution in [2.24, 2.45) is 11.3 Å². The Hall–Kier alpha value is -3.35. The number of carboxylic acids is 1. The van der Waals surface area contributed by atoms with E-state index >= 15 is 0 Å². The quantitative estimate of drug-likeness (QED) is 0.638. The lowest BCUT2D eigenvalue weighted by molar-refractivity contribution is -0.148. The van der Waals surface area contributed by atoms with Crippen LogP contribution < -0.4 is 5.32 Å². The molecule has 2 aromatic rings. The summed E-state index contributed by atoms with van der Waals surface area (Å²) >= 11 is 0. The number of nitrogens with zero attached hydrogens (tertiary/aromatic N) is 1. The molecule has 4 rings (SSSR count). The summed E-state index contributed by atoms with van der Waals surface area (Å²) in [6, 6.07) is 15.4. The minimum atomic E-state index is -0.916. The minimum Gasteiger partial charge on any atom is -0.481 e. The van der Waals surface area contributed by atoms with E-state index in [1.165, 1.54) is 0 Å². The lowest BCUT2D eigenvalue weighted by Crippen LogP contribution is -2.51. The molecule has 7 nitrogen and oxygen atoms in total. The van der Waals surface area contributed by atoms with Gasteiger partial charge in [0.25, 0.3) is 0 Å². The number of hydrogen-bond donors (Lipinski definition) is 2. The molecule has 0 bridgehead atoms. The van der Waals surface area contributed by atoms with Crippen LogP contribution >= 0.6 is 0 Å². The molecule has 2 unspecified atom stereocenters. The number of carbonyl (C=O) groups excluding carboxylic acids is 2. The highest BCUT2D eigenvalue weighted by molar-refractivity contribution is 5.87. The molecule has 34 heavy (non-hydrogen) atoms. The fraction of sp³-hybridized carbons (Fsp3) is 0.444. The third-order valence-electron chi connectivity index (χ3n) is 7.35. The van der Waals surface area contributed by atoms with Crippen LogP contribution in [-0.2, 0) is 14.3 Å². The Labute approximate surface area is 200 Å². The molecule has 1 fully saturated rings. The second-order valence-electron chi connectivity index (χ2n) is 9.64. The van der Waals surface area contributed by atoms with Crippen LogP contribution in [0, 0.1) is 11.3 Å². The van der Waals surface area contributed by atoms with Gasteiger partial charge in [0.15, 0.2) is 0 Å². The monoisotopic (exact) mass is 464 g/mol. The van der Waals surface area contributed by atoms with Crippen molar-refractivity contribution in [1.82, 2.24) is 10.2 Å². The van der Waals surface area contributed by atoms with Crippen LogP contribution in [0.5, 0.6) is 0 Å². The standard InChI is InChI=1S/C27H32N2O5/c1-4-27(25(31)32)13-14-29(16-27)24(30)23(17(2)3)28-26(33)34-15-22-20-11-7-5-9-18(20)19-10-6-8-12-21(19)22/h5-12,17,22-23H,4,13-16H2,1-3H3,(H,28,33)(H,31,32). The van der Waals surface area contributed by atoms with Crippen molar-refractivity contribution >= 4 is 18.0 Å². The largest absolute Gasteiger partial charge is 0.481 e. The van der Waals surface area contributed by atoms with E-state index in [1.54, 1.807) is 4.90 Å². The Kier molecular flexibility index (Phi) is 6.64. The molecule has 7 heteroatoms. The Morgan fingerprint density at radius 3 is 2.18 bits per heavy atom. The minimum absolute atomic E-state index is 0.0642. The number of benzene rings is 2. The van der Waals surface area contributed by atoms with Crippen molar-refractivity contribution in [1.29, 1.82) is 0 Å². The Morgan fingerprint density at radius 1 is 1.09 bits per heavy atom. The third kappa shape index (κ3) is 4.27. The summed E-state index contributed by atoms with van der Waals surface area (Å²) < 4.78 is 5.62. The van der Waals surface area contributed by atoms with Gasteiger partial charge in [-0.2, -0.15) is 0 Å². The summed E-state index contributed by atoms with van der Waals surface area (Å²) in [5.74, 6) is -1.38. The average Bonchev–Trinajstić information content (AvgIpc) is 3.41. The van der Waals surface area contributed by atoms with Crippen LogP contribution in [0.15, 0.2) is 48.5 Å². The van der Waals surface area contributed by atoms with Crippen molar-refractivity contribution < 1.29 is 24.2 Å². The predicted octanol–water partition coefficient (Wildman–Crippen LogP) is 4.26. The number of carboxylic acid groups (broad SMARTS) is 1. The molecule has 2 aromatic carbocycles. The van der Waals surface area contributed by atoms with Gasteiger partial charge in [0.2, 0.25) is 5.91 Å². The third-order valence-corrected chi connectivity index (χ3v) is 7.35. The molecule has 2 N–H and O–H groups in total. The second kappa shape index (κ2) is 9.49. The summed E-state index contributed by atoms with van der Waals surface area (Å²) in [6.45, 7) is 6.23. The number of fused-ring (bicyclic) bond motifs is 3. The van der Waals surface area contributed by atoms with E-state index in [-0.39, 0.29) is 30.9 Å². The molecular weight excluding hydrogens is 432 g/mol. The zero-order valence-electron chi connectivity index (χ0n) is 19.9. The Morgan fingerprint density at radius 2 is 1.68 bits per heavy atom. The first-order chi connectivity index (χ1) is 16.3. The predicted molar refractivity (Wildman–Crippen MR) is 128 cm³/mol. The number of rotatable bonds is 7. The van der Waals surface area contributed by atoms with Gasteiger partial charge in [0.05, 0.1) is 5.41 Å². The van der Waals surface area contributed by atoms with Crippen molar-refractivity contribution in [3.8, 4) is 11.1 Å². The maximum Gasteiger partial charge on any atom is 0.407 e. The zero-order chi connectivity index (χ0) is 24.5. The van der Waals surface area contributed by atoms with Gasteiger partial charge in [-0.25, -0.2) is 4.79 Å². The van der Waals surface area contributed by atoms with Crippen molar-refractivity contribution in [2.45, 2.75) is 45.6 Å². The Bertz CT molecular complexity index is 1050. The van der Waals surface area contributed by atoms with Gasteiger partial charge in [0.1, 0.15) is 12.6 Å². The van der Waals surface area contributed by atoms with Crippen LogP contribution in [0.25, 0.3) is 11.1 Å². The van der Waals surface area contributed by atoms with Crippen LogP contribution in [0.1, 0.15) is 50.7 Å². The lowest BCUT2D eigenvalue weighted by atomic mass is 9.84. The number of carbonyl (C=O) groups is 3. The number of amides is 2. The summed E-state index contributed by atoms with van der Waals surface area (Å²) in [6.07, 6.45) is 0.228. The van der Waals surface area contributed by atoms with E-state index in [1.807, 2.05) is 45.0 Å². The molecule has 1 aliphatic carbocycles. The van der Waals surface area contributed by atoms with Crippen molar-refractivity contribution in [2.75, 3.05) is 19.7 Å².